The van der Waals surface area contributed by atoms with Crippen LogP contribution in [0.25, 0.3) is 0 Å². The molecule has 0 aliphatic carbocycles. The van der Waals surface area contributed by atoms with Crippen LogP contribution in [0.5, 0.6) is 0 Å². The number of amides is 1. The Morgan fingerprint density at radius 1 is 1.10 bits per heavy atom. The second-order valence-electron chi connectivity index (χ2n) is 6.35. The lowest BCUT2D eigenvalue weighted by Crippen LogP contribution is -2.51. The molecule has 1 fully saturated rings. The maximum atomic E-state index is 12.1. The number of piperidine rings is 1. The van der Waals surface area contributed by atoms with Crippen molar-refractivity contribution in [2.24, 2.45) is 0 Å². The van der Waals surface area contributed by atoms with Gasteiger partial charge in [-0.3, -0.25) is 4.79 Å². The highest BCUT2D eigenvalue weighted by Crippen LogP contribution is 2.09. The van der Waals surface area contributed by atoms with Crippen molar-refractivity contribution >= 4 is 5.91 Å². The van der Waals surface area contributed by atoms with Gasteiger partial charge in [-0.2, -0.15) is 0 Å². The van der Waals surface area contributed by atoms with Gasteiger partial charge in [0.1, 0.15) is 0 Å². The molecule has 3 atom stereocenters. The summed E-state index contributed by atoms with van der Waals surface area (Å²) in [6.07, 6.45) is 6.15. The molecule has 1 amide bonds. The van der Waals surface area contributed by atoms with Gasteiger partial charge in [-0.05, 0) is 53.1 Å². The number of hydrogen-bond acceptors (Lipinski definition) is 3. The molecule has 3 unspecified atom stereocenters. The molecule has 0 saturated carbocycles. The molecule has 1 saturated heterocycles. The van der Waals surface area contributed by atoms with Gasteiger partial charge in [-0.1, -0.05) is 19.8 Å². The monoisotopic (exact) mass is 283 g/mol. The minimum atomic E-state index is -0.117. The predicted molar refractivity (Wildman–Crippen MR) is 84.9 cm³/mol. The van der Waals surface area contributed by atoms with Gasteiger partial charge in [-0.15, -0.1) is 0 Å². The normalized spacial score (nSPS) is 21.2. The third kappa shape index (κ3) is 6.71. The summed E-state index contributed by atoms with van der Waals surface area (Å²) in [5.74, 6) is 0.122. The molecule has 1 heterocycles. The number of hydrogen-bond donors (Lipinski definition) is 2. The molecule has 0 aromatic rings. The van der Waals surface area contributed by atoms with Crippen LogP contribution in [0, 0.1) is 0 Å². The van der Waals surface area contributed by atoms with Crippen molar-refractivity contribution in [2.45, 2.75) is 77.9 Å². The van der Waals surface area contributed by atoms with Crippen molar-refractivity contribution in [2.75, 3.05) is 19.6 Å². The molecular weight excluding hydrogens is 250 g/mol. The molecule has 2 N–H and O–H groups in total. The molecule has 1 aliphatic rings. The summed E-state index contributed by atoms with van der Waals surface area (Å²) in [6.45, 7) is 11.8. The van der Waals surface area contributed by atoms with Crippen molar-refractivity contribution in [3.05, 3.63) is 0 Å². The Kier molecular flexibility index (Phi) is 8.15. The molecule has 0 radical (unpaired) electrons. The Labute approximate surface area is 124 Å². The van der Waals surface area contributed by atoms with Crippen LogP contribution in [0.4, 0.5) is 0 Å². The molecule has 0 aromatic carbocycles. The van der Waals surface area contributed by atoms with Gasteiger partial charge in [0, 0.05) is 18.6 Å². The zero-order chi connectivity index (χ0) is 15.0. The maximum absolute atomic E-state index is 12.1. The summed E-state index contributed by atoms with van der Waals surface area (Å²) in [5.41, 5.74) is 0. The lowest BCUT2D eigenvalue weighted by Gasteiger charge is -2.30. The average Bonchev–Trinajstić information content (AvgIpc) is 2.39. The fourth-order valence-corrected chi connectivity index (χ4v) is 2.96. The zero-order valence-electron chi connectivity index (χ0n) is 13.7. The summed E-state index contributed by atoms with van der Waals surface area (Å²) in [7, 11) is 0. The Bertz CT molecular complexity index is 277. The Morgan fingerprint density at radius 2 is 1.75 bits per heavy atom. The number of nitrogens with one attached hydrogen (secondary N) is 2. The molecule has 0 spiro atoms. The van der Waals surface area contributed by atoms with Crippen LogP contribution >= 0.6 is 0 Å². The molecule has 4 heteroatoms. The minimum absolute atomic E-state index is 0.117. The first kappa shape index (κ1) is 17.4. The van der Waals surface area contributed by atoms with Crippen LogP contribution in [0.3, 0.4) is 0 Å². The van der Waals surface area contributed by atoms with Gasteiger partial charge < -0.3 is 15.5 Å². The number of rotatable bonds is 8. The van der Waals surface area contributed by atoms with E-state index < -0.39 is 0 Å². The van der Waals surface area contributed by atoms with Crippen LogP contribution in [0.15, 0.2) is 0 Å². The number of nitrogens with zero attached hydrogens (tertiary/aromatic N) is 1. The van der Waals surface area contributed by atoms with E-state index in [9.17, 15) is 4.79 Å². The van der Waals surface area contributed by atoms with Crippen LogP contribution in [0.1, 0.15) is 59.8 Å². The first-order valence-electron chi connectivity index (χ1n) is 8.31. The van der Waals surface area contributed by atoms with Gasteiger partial charge in [0.05, 0.1) is 6.04 Å². The smallest absolute Gasteiger partial charge is 0.237 e. The van der Waals surface area contributed by atoms with Crippen LogP contribution < -0.4 is 10.6 Å². The predicted octanol–water partition coefficient (Wildman–Crippen LogP) is 2.14. The second-order valence-corrected chi connectivity index (χ2v) is 6.35. The first-order chi connectivity index (χ1) is 9.52. The highest BCUT2D eigenvalue weighted by molar-refractivity contribution is 5.81. The van der Waals surface area contributed by atoms with Crippen molar-refractivity contribution in [1.82, 2.24) is 15.5 Å². The third-order valence-electron chi connectivity index (χ3n) is 4.02. The van der Waals surface area contributed by atoms with E-state index in [1.165, 1.54) is 32.4 Å². The summed E-state index contributed by atoms with van der Waals surface area (Å²) < 4.78 is 0. The Hall–Kier alpha value is -0.610. The highest BCUT2D eigenvalue weighted by Gasteiger charge is 2.19. The molecule has 1 aliphatic heterocycles. The Balaban J connectivity index is 2.25. The Morgan fingerprint density at radius 3 is 2.35 bits per heavy atom. The SMILES string of the molecule is CCCC(C)NC(=O)C(C)NC(C)CN1CCCCC1. The van der Waals surface area contributed by atoms with E-state index in [-0.39, 0.29) is 18.0 Å². The molecule has 1 rings (SSSR count). The summed E-state index contributed by atoms with van der Waals surface area (Å²) in [5, 5.41) is 6.50. The second kappa shape index (κ2) is 9.35. The van der Waals surface area contributed by atoms with Crippen molar-refractivity contribution < 1.29 is 4.79 Å². The lowest BCUT2D eigenvalue weighted by molar-refractivity contribution is -0.123. The fourth-order valence-electron chi connectivity index (χ4n) is 2.96. The average molecular weight is 283 g/mol. The van der Waals surface area contributed by atoms with Gasteiger partial charge in [-0.25, -0.2) is 0 Å². The minimum Gasteiger partial charge on any atom is -0.352 e. The van der Waals surface area contributed by atoms with Crippen LogP contribution in [-0.4, -0.2) is 48.6 Å². The van der Waals surface area contributed by atoms with Gasteiger partial charge in [0.25, 0.3) is 0 Å². The molecule has 0 bridgehead atoms. The summed E-state index contributed by atoms with van der Waals surface area (Å²) in [4.78, 5) is 14.6. The van der Waals surface area contributed by atoms with E-state index in [1.807, 2.05) is 6.92 Å². The standard InChI is InChI=1S/C16H33N3O/c1-5-9-13(2)18-16(20)15(4)17-14(3)12-19-10-7-6-8-11-19/h13-15,17H,5-12H2,1-4H3,(H,18,20). The molecule has 20 heavy (non-hydrogen) atoms. The molecule has 4 nitrogen and oxygen atoms in total. The van der Waals surface area contributed by atoms with E-state index in [2.05, 4.69) is 36.3 Å². The number of carbonyl (C=O) groups excluding carboxylic acids is 1. The van der Waals surface area contributed by atoms with E-state index in [1.54, 1.807) is 0 Å². The maximum Gasteiger partial charge on any atom is 0.237 e. The van der Waals surface area contributed by atoms with Crippen molar-refractivity contribution in [3.63, 3.8) is 0 Å². The highest BCUT2D eigenvalue weighted by atomic mass is 16.2. The molecule has 118 valence electrons. The summed E-state index contributed by atoms with van der Waals surface area (Å²) in [6, 6.07) is 0.513. The number of carbonyl (C=O) groups is 1. The van der Waals surface area contributed by atoms with Gasteiger partial charge in [0.2, 0.25) is 5.91 Å². The quantitative estimate of drug-likeness (QED) is 0.717. The summed E-state index contributed by atoms with van der Waals surface area (Å²) >= 11 is 0. The van der Waals surface area contributed by atoms with Gasteiger partial charge >= 0.3 is 0 Å². The van der Waals surface area contributed by atoms with Crippen molar-refractivity contribution in [3.8, 4) is 0 Å². The zero-order valence-corrected chi connectivity index (χ0v) is 13.7. The number of likely N-dealkylation sites (tertiary alicyclic amines) is 1. The van der Waals surface area contributed by atoms with E-state index in [4.69, 9.17) is 0 Å². The molecular formula is C16H33N3O. The first-order valence-corrected chi connectivity index (χ1v) is 8.31. The topological polar surface area (TPSA) is 44.4 Å². The largest absolute Gasteiger partial charge is 0.352 e. The van der Waals surface area contributed by atoms with Crippen molar-refractivity contribution in [1.29, 1.82) is 0 Å². The van der Waals surface area contributed by atoms with E-state index in [0.29, 0.717) is 6.04 Å². The van der Waals surface area contributed by atoms with Crippen LogP contribution in [0.2, 0.25) is 0 Å². The lowest BCUT2D eigenvalue weighted by atomic mass is 10.1. The molecule has 0 aromatic heterocycles. The van der Waals surface area contributed by atoms with E-state index >= 15 is 0 Å². The third-order valence-corrected chi connectivity index (χ3v) is 4.02. The van der Waals surface area contributed by atoms with Gasteiger partial charge in [0.15, 0.2) is 0 Å². The van der Waals surface area contributed by atoms with Crippen LogP contribution in [-0.2, 0) is 4.79 Å². The fraction of sp³-hybridized carbons (Fsp3) is 0.938. The van der Waals surface area contributed by atoms with E-state index in [0.717, 1.165) is 19.4 Å².